The van der Waals surface area contributed by atoms with Gasteiger partial charge in [-0.15, -0.1) is 0 Å². The summed E-state index contributed by atoms with van der Waals surface area (Å²) in [5.41, 5.74) is 0.0944. The van der Waals surface area contributed by atoms with Crippen molar-refractivity contribution in [2.75, 3.05) is 26.2 Å². The number of aliphatic hydroxyl groups excluding tert-OH is 1. The average Bonchev–Trinajstić information content (AvgIpc) is 4.00. The molecule has 2 spiro atoms. The molecule has 51 heavy (non-hydrogen) atoms. The Morgan fingerprint density at radius 3 is 2.39 bits per heavy atom. The molecule has 2 heterocycles. The van der Waals surface area contributed by atoms with Gasteiger partial charge in [0.2, 0.25) is 11.8 Å². The van der Waals surface area contributed by atoms with Crippen LogP contribution in [0.4, 0.5) is 0 Å². The average molecular weight is 713 g/mol. The van der Waals surface area contributed by atoms with Gasteiger partial charge in [0, 0.05) is 31.8 Å². The second kappa shape index (κ2) is 12.1. The fraction of sp³-hybridized carbons (Fsp3) is 0.927. The van der Waals surface area contributed by atoms with Crippen molar-refractivity contribution in [1.29, 1.82) is 0 Å². The molecular formula is C41H64N2O8. The first-order valence-electron chi connectivity index (χ1n) is 20.4. The number of carboxylic acid groups (broad SMARTS) is 1. The molecule has 10 heteroatoms. The molecule has 286 valence electrons. The first-order chi connectivity index (χ1) is 24.0. The number of carbonyl (C=O) groups is 3. The summed E-state index contributed by atoms with van der Waals surface area (Å²) in [5, 5.41) is 22.2. The number of carbonyl (C=O) groups excluding carboxylic acids is 2. The molecule has 0 aromatic rings. The third-order valence-corrected chi connectivity index (χ3v) is 17.3. The van der Waals surface area contributed by atoms with Gasteiger partial charge in [0.25, 0.3) is 0 Å². The molecule has 2 N–H and O–H groups in total. The number of nitrogens with zero attached hydrogens (tertiary/aromatic N) is 2. The van der Waals surface area contributed by atoms with Crippen LogP contribution in [0.5, 0.6) is 0 Å². The molecule has 2 amide bonds. The summed E-state index contributed by atoms with van der Waals surface area (Å²) < 4.78 is 19.8. The number of fused-ring (bicyclic) bond motifs is 4. The lowest BCUT2D eigenvalue weighted by Crippen LogP contribution is -2.60. The van der Waals surface area contributed by atoms with E-state index in [0.29, 0.717) is 43.9 Å². The zero-order valence-corrected chi connectivity index (χ0v) is 32.2. The zero-order chi connectivity index (χ0) is 36.5. The summed E-state index contributed by atoms with van der Waals surface area (Å²) in [5.74, 6) is 0.998. The number of hydrogen-bond donors (Lipinski definition) is 2. The van der Waals surface area contributed by atoms with E-state index in [1.165, 1.54) is 37.5 Å². The van der Waals surface area contributed by atoms with E-state index < -0.39 is 18.1 Å². The van der Waals surface area contributed by atoms with Crippen LogP contribution < -0.4 is 0 Å². The predicted octanol–water partition coefficient (Wildman–Crippen LogP) is 5.49. The number of hydrogen-bond acceptors (Lipinski definition) is 7. The molecule has 14 atom stereocenters. The van der Waals surface area contributed by atoms with Crippen molar-refractivity contribution >= 4 is 17.8 Å². The van der Waals surface area contributed by atoms with Crippen LogP contribution in [0.3, 0.4) is 0 Å². The second-order valence-electron chi connectivity index (χ2n) is 19.7. The van der Waals surface area contributed by atoms with Crippen molar-refractivity contribution in [2.45, 2.75) is 156 Å². The number of aliphatic carboxylic acids is 1. The molecule has 0 aromatic carbocycles. The van der Waals surface area contributed by atoms with Gasteiger partial charge in [0.05, 0.1) is 37.6 Å². The fourth-order valence-electron chi connectivity index (χ4n) is 14.5. The summed E-state index contributed by atoms with van der Waals surface area (Å²) in [6, 6.07) is -0.929. The Labute approximate surface area is 304 Å². The highest BCUT2D eigenvalue weighted by molar-refractivity contribution is 5.82. The van der Waals surface area contributed by atoms with Gasteiger partial charge in [0.15, 0.2) is 6.29 Å². The van der Waals surface area contributed by atoms with Gasteiger partial charge in [-0.3, -0.25) is 9.59 Å². The van der Waals surface area contributed by atoms with E-state index in [9.17, 15) is 24.6 Å². The Morgan fingerprint density at radius 1 is 1.00 bits per heavy atom. The van der Waals surface area contributed by atoms with Gasteiger partial charge in [-0.05, 0) is 122 Å². The van der Waals surface area contributed by atoms with E-state index >= 15 is 0 Å². The van der Waals surface area contributed by atoms with Gasteiger partial charge in [0.1, 0.15) is 6.04 Å². The summed E-state index contributed by atoms with van der Waals surface area (Å²) >= 11 is 0. The molecule has 8 fully saturated rings. The Morgan fingerprint density at radius 2 is 1.71 bits per heavy atom. The number of aliphatic hydroxyl groups is 1. The summed E-state index contributed by atoms with van der Waals surface area (Å²) in [6.45, 7) is 16.9. The van der Waals surface area contributed by atoms with Crippen molar-refractivity contribution in [1.82, 2.24) is 9.80 Å². The number of morpholine rings is 1. The summed E-state index contributed by atoms with van der Waals surface area (Å²) in [4.78, 5) is 40.6. The standard InChI is InChI=1S/C41H64N2O8/c1-23-18-27(20-43(25(3)44)24(2)36(47)48)50-34-33(23)38(6)14-15-41-22-40(41)13-12-30(37(4,5)28(40)10-11-29(41)39(38,7)35(34)46)51-32-21-42(16-17-49-32)31(45)19-26-8-9-26/h23-24,26-30,32-35,46H,8-22H2,1-7H3,(H,47,48)/t23-,24-,27?,28+,29?,30+,32+,33+,34?,35+,38?,39-,40?,41?/m1/s1. The van der Waals surface area contributed by atoms with Crippen LogP contribution in [0.1, 0.15) is 119 Å². The van der Waals surface area contributed by atoms with Crippen molar-refractivity contribution in [2.24, 2.45) is 56.7 Å². The smallest absolute Gasteiger partial charge is 0.326 e. The third kappa shape index (κ3) is 5.17. The van der Waals surface area contributed by atoms with Crippen molar-refractivity contribution in [3.05, 3.63) is 0 Å². The van der Waals surface area contributed by atoms with Gasteiger partial charge in [-0.25, -0.2) is 4.79 Å². The Hall–Kier alpha value is -1.75. The van der Waals surface area contributed by atoms with Crippen molar-refractivity contribution < 1.29 is 38.8 Å². The molecule has 2 saturated heterocycles. The van der Waals surface area contributed by atoms with E-state index in [0.717, 1.165) is 38.5 Å². The molecule has 6 aliphatic carbocycles. The topological polar surface area (TPSA) is 126 Å². The minimum Gasteiger partial charge on any atom is -0.480 e. The first kappa shape index (κ1) is 36.2. The van der Waals surface area contributed by atoms with Crippen LogP contribution in [0, 0.1) is 56.7 Å². The lowest BCUT2D eigenvalue weighted by molar-refractivity contribution is -0.248. The van der Waals surface area contributed by atoms with Gasteiger partial charge in [-0.2, -0.15) is 0 Å². The SMILES string of the molecule is CC(=O)N(CC1C[C@@H](C)[C@H]2C(O1)[C@H](O)[C@@]1(C)C3CC[C@H]4C(C)(C)[C@@H](O[C@H]5CN(C(=O)CC6CC6)CCO5)CCC45CC35CCC21C)[C@H](C)C(=O)O. The Bertz CT molecular complexity index is 1430. The molecule has 0 radical (unpaired) electrons. The van der Waals surface area contributed by atoms with Crippen LogP contribution in [0.15, 0.2) is 0 Å². The van der Waals surface area contributed by atoms with Crippen LogP contribution in [0.2, 0.25) is 0 Å². The zero-order valence-electron chi connectivity index (χ0n) is 32.2. The van der Waals surface area contributed by atoms with Crippen LogP contribution in [0.25, 0.3) is 0 Å². The maximum Gasteiger partial charge on any atom is 0.326 e. The molecule has 8 rings (SSSR count). The highest BCUT2D eigenvalue weighted by Gasteiger charge is 2.84. The number of amides is 2. The highest BCUT2D eigenvalue weighted by Crippen LogP contribution is 2.89. The Kier molecular flexibility index (Phi) is 8.62. The molecule has 6 saturated carbocycles. The number of rotatable bonds is 8. The van der Waals surface area contributed by atoms with E-state index in [1.54, 1.807) is 6.92 Å². The lowest BCUT2D eigenvalue weighted by atomic mass is 9.41. The molecule has 2 aliphatic heterocycles. The largest absolute Gasteiger partial charge is 0.480 e. The van der Waals surface area contributed by atoms with E-state index in [4.69, 9.17) is 14.2 Å². The second-order valence-corrected chi connectivity index (χ2v) is 19.7. The highest BCUT2D eigenvalue weighted by atomic mass is 16.7. The normalized spacial score (nSPS) is 48.6. The van der Waals surface area contributed by atoms with Gasteiger partial charge in [-0.1, -0.05) is 34.6 Å². The molecule has 0 bridgehead atoms. The number of ether oxygens (including phenoxy) is 3. The van der Waals surface area contributed by atoms with E-state index in [1.807, 2.05) is 4.90 Å². The molecule has 10 nitrogen and oxygen atoms in total. The quantitative estimate of drug-likeness (QED) is 0.339. The molecule has 8 aliphatic rings. The summed E-state index contributed by atoms with van der Waals surface area (Å²) in [7, 11) is 0. The van der Waals surface area contributed by atoms with Crippen molar-refractivity contribution in [3.63, 3.8) is 0 Å². The molecule has 0 aromatic heterocycles. The maximum absolute atomic E-state index is 12.9. The third-order valence-electron chi connectivity index (χ3n) is 17.3. The van der Waals surface area contributed by atoms with Gasteiger partial charge >= 0.3 is 5.97 Å². The number of carboxylic acids is 1. The fourth-order valence-corrected chi connectivity index (χ4v) is 14.5. The Balaban J connectivity index is 0.989. The minimum atomic E-state index is -1.02. The molecular weight excluding hydrogens is 648 g/mol. The lowest BCUT2D eigenvalue weighted by Gasteiger charge is -2.64. The maximum atomic E-state index is 12.9. The van der Waals surface area contributed by atoms with E-state index in [2.05, 4.69) is 34.6 Å². The summed E-state index contributed by atoms with van der Waals surface area (Å²) in [6.07, 6.45) is 10.2. The van der Waals surface area contributed by atoms with Crippen LogP contribution in [-0.2, 0) is 28.6 Å². The first-order valence-corrected chi connectivity index (χ1v) is 20.4. The minimum absolute atomic E-state index is 0.0269. The van der Waals surface area contributed by atoms with E-state index in [-0.39, 0.29) is 81.9 Å². The van der Waals surface area contributed by atoms with Crippen LogP contribution >= 0.6 is 0 Å². The van der Waals surface area contributed by atoms with Crippen LogP contribution in [-0.4, -0.2) is 101 Å². The van der Waals surface area contributed by atoms with Crippen molar-refractivity contribution in [3.8, 4) is 0 Å². The predicted molar refractivity (Wildman–Crippen MR) is 189 cm³/mol. The monoisotopic (exact) mass is 712 g/mol. The van der Waals surface area contributed by atoms with Gasteiger partial charge < -0.3 is 34.2 Å². The molecule has 6 unspecified atom stereocenters.